The van der Waals surface area contributed by atoms with Crippen molar-refractivity contribution in [3.8, 4) is 11.4 Å². The Balaban J connectivity index is 1.23. The number of carbonyl (C=O) groups is 1. The molecule has 0 saturated carbocycles. The molecular weight excluding hydrogens is 521 g/mol. The highest BCUT2D eigenvalue weighted by atomic mass is 19.1. The summed E-state index contributed by atoms with van der Waals surface area (Å²) in [5.74, 6) is 0.815. The third kappa shape index (κ3) is 5.56. The van der Waals surface area contributed by atoms with Crippen LogP contribution in [0.3, 0.4) is 0 Å². The van der Waals surface area contributed by atoms with Gasteiger partial charge in [-0.15, -0.1) is 0 Å². The molecule has 0 radical (unpaired) electrons. The Labute approximate surface area is 236 Å². The van der Waals surface area contributed by atoms with E-state index in [0.717, 1.165) is 42.4 Å². The van der Waals surface area contributed by atoms with Crippen molar-refractivity contribution in [3.05, 3.63) is 113 Å². The molecule has 4 aromatic carbocycles. The lowest BCUT2D eigenvalue weighted by atomic mass is 9.98. The van der Waals surface area contributed by atoms with E-state index >= 15 is 0 Å². The Morgan fingerprint density at radius 2 is 1.71 bits per heavy atom. The molecule has 2 N–H and O–H groups in total. The number of aromatic nitrogens is 3. The lowest BCUT2D eigenvalue weighted by molar-refractivity contribution is 0.102. The summed E-state index contributed by atoms with van der Waals surface area (Å²) < 4.78 is 22.2. The zero-order valence-electron chi connectivity index (χ0n) is 22.6. The second-order valence-electron chi connectivity index (χ2n) is 10.4. The van der Waals surface area contributed by atoms with Crippen LogP contribution in [0.1, 0.15) is 35.9 Å². The van der Waals surface area contributed by atoms with Gasteiger partial charge >= 0.3 is 5.69 Å². The summed E-state index contributed by atoms with van der Waals surface area (Å²) >= 11 is 0. The number of nitrogens with zero attached hydrogens (tertiary/aromatic N) is 3. The number of carbonyl (C=O) groups excluding carboxylic acids is 1. The third-order valence-electron chi connectivity index (χ3n) is 7.54. The molecular formula is C32H30FN5O3. The summed E-state index contributed by atoms with van der Waals surface area (Å²) in [7, 11) is 0. The normalized spacial score (nSPS) is 13.9. The molecule has 0 bridgehead atoms. The number of halogens is 1. The maximum Gasteiger partial charge on any atom is 0.348 e. The molecule has 6 rings (SSSR count). The number of benzene rings is 4. The van der Waals surface area contributed by atoms with Gasteiger partial charge in [-0.05, 0) is 61.2 Å². The fourth-order valence-corrected chi connectivity index (χ4v) is 5.27. The zero-order valence-corrected chi connectivity index (χ0v) is 22.6. The topological polar surface area (TPSA) is 92.2 Å². The molecule has 0 spiro atoms. The second-order valence-corrected chi connectivity index (χ2v) is 10.4. The number of anilines is 2. The highest BCUT2D eigenvalue weighted by Crippen LogP contribution is 2.33. The molecule has 208 valence electrons. The number of ether oxygens (including phenoxy) is 1. The molecule has 1 aliphatic heterocycles. The quantitative estimate of drug-likeness (QED) is 0.262. The fraction of sp³-hybridized carbons (Fsp3) is 0.219. The Bertz CT molecular complexity index is 1760. The maximum absolute atomic E-state index is 14.6. The molecule has 1 fully saturated rings. The first kappa shape index (κ1) is 26.3. The van der Waals surface area contributed by atoms with Gasteiger partial charge in [0.2, 0.25) is 0 Å². The number of aromatic amines is 1. The monoisotopic (exact) mass is 551 g/mol. The SMILES string of the molecule is CC1CCN(c2cc(F)cc(C(=O)Nc3ccc(OCc4n[nH]c(=O)n4-c4ccccc4)c4ccccc34)c2)CC1. The van der Waals surface area contributed by atoms with Crippen molar-refractivity contribution in [2.75, 3.05) is 23.3 Å². The largest absolute Gasteiger partial charge is 0.485 e. The lowest BCUT2D eigenvalue weighted by Gasteiger charge is -2.32. The van der Waals surface area contributed by atoms with Crippen LogP contribution in [-0.2, 0) is 6.61 Å². The van der Waals surface area contributed by atoms with Crippen molar-refractivity contribution >= 4 is 28.1 Å². The highest BCUT2D eigenvalue weighted by molar-refractivity contribution is 6.10. The van der Waals surface area contributed by atoms with Crippen LogP contribution >= 0.6 is 0 Å². The van der Waals surface area contributed by atoms with Gasteiger partial charge in [-0.3, -0.25) is 4.79 Å². The molecule has 0 unspecified atom stereocenters. The second kappa shape index (κ2) is 11.3. The number of fused-ring (bicyclic) bond motifs is 1. The number of rotatable bonds is 7. The van der Waals surface area contributed by atoms with E-state index in [0.29, 0.717) is 28.9 Å². The van der Waals surface area contributed by atoms with Crippen LogP contribution in [0.4, 0.5) is 15.8 Å². The van der Waals surface area contributed by atoms with Gasteiger partial charge in [-0.2, -0.15) is 5.10 Å². The molecule has 1 saturated heterocycles. The summed E-state index contributed by atoms with van der Waals surface area (Å²) in [5, 5.41) is 11.1. The molecule has 1 aliphatic rings. The molecule has 0 aliphatic carbocycles. The smallest absolute Gasteiger partial charge is 0.348 e. The summed E-state index contributed by atoms with van der Waals surface area (Å²) in [6.07, 6.45) is 2.09. The average molecular weight is 552 g/mol. The van der Waals surface area contributed by atoms with Crippen molar-refractivity contribution < 1.29 is 13.9 Å². The maximum atomic E-state index is 14.6. The Morgan fingerprint density at radius 1 is 0.976 bits per heavy atom. The number of hydrogen-bond donors (Lipinski definition) is 2. The van der Waals surface area contributed by atoms with Crippen molar-refractivity contribution in [2.24, 2.45) is 5.92 Å². The van der Waals surface area contributed by atoms with Gasteiger partial charge in [0, 0.05) is 40.8 Å². The molecule has 8 nitrogen and oxygen atoms in total. The van der Waals surface area contributed by atoms with Crippen LogP contribution in [-0.4, -0.2) is 33.8 Å². The van der Waals surface area contributed by atoms with Gasteiger partial charge in [0.25, 0.3) is 5.91 Å². The molecule has 1 aromatic heterocycles. The van der Waals surface area contributed by atoms with Gasteiger partial charge in [0.1, 0.15) is 18.2 Å². The lowest BCUT2D eigenvalue weighted by Crippen LogP contribution is -2.33. The van der Waals surface area contributed by atoms with Crippen LogP contribution in [0, 0.1) is 11.7 Å². The van der Waals surface area contributed by atoms with E-state index in [4.69, 9.17) is 4.74 Å². The minimum absolute atomic E-state index is 0.0463. The Kier molecular flexibility index (Phi) is 7.24. The van der Waals surface area contributed by atoms with Crippen LogP contribution in [0.2, 0.25) is 0 Å². The van der Waals surface area contributed by atoms with Crippen LogP contribution in [0.15, 0.2) is 89.7 Å². The summed E-state index contributed by atoms with van der Waals surface area (Å²) in [6.45, 7) is 3.96. The number of piperidine rings is 1. The predicted octanol–water partition coefficient (Wildman–Crippen LogP) is 5.92. The Hall–Kier alpha value is -4.92. The predicted molar refractivity (Wildman–Crippen MR) is 157 cm³/mol. The first-order chi connectivity index (χ1) is 20.0. The number of hydrogen-bond acceptors (Lipinski definition) is 5. The number of nitrogens with one attached hydrogen (secondary N) is 2. The molecule has 5 aromatic rings. The minimum Gasteiger partial charge on any atom is -0.485 e. The average Bonchev–Trinajstić information content (AvgIpc) is 3.37. The van der Waals surface area contributed by atoms with Crippen molar-refractivity contribution in [3.63, 3.8) is 0 Å². The van der Waals surface area contributed by atoms with Gasteiger partial charge < -0.3 is 15.0 Å². The number of para-hydroxylation sites is 1. The van der Waals surface area contributed by atoms with Crippen LogP contribution in [0.25, 0.3) is 16.5 Å². The Morgan fingerprint density at radius 3 is 2.49 bits per heavy atom. The number of amides is 1. The van der Waals surface area contributed by atoms with E-state index in [9.17, 15) is 14.0 Å². The standard InChI is InChI=1S/C32H30FN5O3/c1-21-13-15-37(16-14-21)25-18-22(17-23(33)19-25)31(39)34-28-11-12-29(27-10-6-5-9-26(27)28)41-20-30-35-36-32(40)38(30)24-7-3-2-4-8-24/h2-12,17-19,21H,13-16,20H2,1H3,(H,34,39)(H,36,40). The summed E-state index contributed by atoms with van der Waals surface area (Å²) in [5.41, 5.74) is 1.90. The molecule has 1 amide bonds. The van der Waals surface area contributed by atoms with Crippen molar-refractivity contribution in [1.82, 2.24) is 14.8 Å². The van der Waals surface area contributed by atoms with E-state index < -0.39 is 11.7 Å². The summed E-state index contributed by atoms with van der Waals surface area (Å²) in [6, 6.07) is 24.8. The highest BCUT2D eigenvalue weighted by Gasteiger charge is 2.19. The van der Waals surface area contributed by atoms with Crippen molar-refractivity contribution in [2.45, 2.75) is 26.4 Å². The van der Waals surface area contributed by atoms with Gasteiger partial charge in [0.05, 0.1) is 5.69 Å². The van der Waals surface area contributed by atoms with E-state index in [2.05, 4.69) is 27.3 Å². The molecule has 9 heteroatoms. The van der Waals surface area contributed by atoms with Crippen LogP contribution < -0.4 is 20.6 Å². The van der Waals surface area contributed by atoms with Gasteiger partial charge in [-0.25, -0.2) is 18.9 Å². The van der Waals surface area contributed by atoms with Crippen molar-refractivity contribution in [1.29, 1.82) is 0 Å². The van der Waals surface area contributed by atoms with Gasteiger partial charge in [0.15, 0.2) is 5.82 Å². The van der Waals surface area contributed by atoms with Crippen LogP contribution in [0.5, 0.6) is 5.75 Å². The number of H-pyrrole nitrogens is 1. The van der Waals surface area contributed by atoms with E-state index in [1.807, 2.05) is 54.6 Å². The van der Waals surface area contributed by atoms with Gasteiger partial charge in [-0.1, -0.05) is 49.4 Å². The minimum atomic E-state index is -0.438. The molecule has 41 heavy (non-hydrogen) atoms. The van der Waals surface area contributed by atoms with E-state index in [-0.39, 0.29) is 17.9 Å². The summed E-state index contributed by atoms with van der Waals surface area (Å²) in [4.78, 5) is 27.8. The third-order valence-corrected chi connectivity index (χ3v) is 7.54. The molecule has 2 heterocycles. The first-order valence-corrected chi connectivity index (χ1v) is 13.7. The van der Waals surface area contributed by atoms with E-state index in [1.165, 1.54) is 16.7 Å². The fourth-order valence-electron chi connectivity index (χ4n) is 5.27. The zero-order chi connectivity index (χ0) is 28.3. The molecule has 0 atom stereocenters. The van der Waals surface area contributed by atoms with E-state index in [1.54, 1.807) is 18.2 Å². The first-order valence-electron chi connectivity index (χ1n) is 13.7.